The molecule has 0 saturated heterocycles. The molecule has 0 radical (unpaired) electrons. The third kappa shape index (κ3) is 3.35. The number of Topliss-reactive ketones (excluding diaryl/α,β-unsaturated/α-hetero) is 4. The summed E-state index contributed by atoms with van der Waals surface area (Å²) in [5, 5.41) is 0. The first kappa shape index (κ1) is 19.2. The van der Waals surface area contributed by atoms with E-state index in [0.29, 0.717) is 25.7 Å². The van der Waals surface area contributed by atoms with Gasteiger partial charge in [-0.1, -0.05) is 51.1 Å². The van der Waals surface area contributed by atoms with Crippen molar-refractivity contribution < 1.29 is 19.2 Å². The Morgan fingerprint density at radius 3 is 2.08 bits per heavy atom. The first-order valence-corrected chi connectivity index (χ1v) is 9.11. The fraction of sp³-hybridized carbons (Fsp3) is 0.524. The molecule has 4 heteroatoms. The van der Waals surface area contributed by atoms with E-state index in [1.165, 1.54) is 0 Å². The van der Waals surface area contributed by atoms with Crippen molar-refractivity contribution in [3.63, 3.8) is 0 Å². The van der Waals surface area contributed by atoms with Crippen LogP contribution in [0.15, 0.2) is 30.3 Å². The Morgan fingerprint density at radius 2 is 1.56 bits per heavy atom. The number of hydrogen-bond donors (Lipinski definition) is 0. The lowest BCUT2D eigenvalue weighted by atomic mass is 9.59. The van der Waals surface area contributed by atoms with Crippen molar-refractivity contribution in [2.45, 2.75) is 52.9 Å². The zero-order valence-electron chi connectivity index (χ0n) is 15.2. The summed E-state index contributed by atoms with van der Waals surface area (Å²) in [6.45, 7) is 5.33. The summed E-state index contributed by atoms with van der Waals surface area (Å²) in [6.07, 6.45) is 1.66. The van der Waals surface area contributed by atoms with Crippen molar-refractivity contribution in [1.82, 2.24) is 0 Å². The number of aryl methyl sites for hydroxylation is 1. The zero-order valence-corrected chi connectivity index (χ0v) is 15.2. The van der Waals surface area contributed by atoms with Crippen LogP contribution in [0.25, 0.3) is 0 Å². The van der Waals surface area contributed by atoms with Crippen LogP contribution >= 0.6 is 0 Å². The van der Waals surface area contributed by atoms with Gasteiger partial charge in [-0.05, 0) is 31.2 Å². The molecule has 2 rings (SSSR count). The number of rotatable bonds is 7. The van der Waals surface area contributed by atoms with E-state index >= 15 is 0 Å². The lowest BCUT2D eigenvalue weighted by Gasteiger charge is -2.39. The molecule has 1 aliphatic carbocycles. The third-order valence-electron chi connectivity index (χ3n) is 5.59. The molecule has 0 amide bonds. The Kier molecular flexibility index (Phi) is 6.04. The van der Waals surface area contributed by atoms with Gasteiger partial charge in [0.25, 0.3) is 0 Å². The summed E-state index contributed by atoms with van der Waals surface area (Å²) in [6, 6.07) is 9.51. The molecule has 2 atom stereocenters. The quantitative estimate of drug-likeness (QED) is 0.713. The van der Waals surface area contributed by atoms with Gasteiger partial charge in [-0.15, -0.1) is 0 Å². The second-order valence-electron chi connectivity index (χ2n) is 6.77. The lowest BCUT2D eigenvalue weighted by Crippen LogP contribution is -2.57. The fourth-order valence-corrected chi connectivity index (χ4v) is 3.89. The molecule has 0 N–H and O–H groups in total. The molecule has 25 heavy (non-hydrogen) atoms. The van der Waals surface area contributed by atoms with Crippen LogP contribution in [0.1, 0.15) is 52.0 Å². The fourth-order valence-electron chi connectivity index (χ4n) is 3.89. The maximum atomic E-state index is 13.0. The normalized spacial score (nSPS) is 22.9. The van der Waals surface area contributed by atoms with Gasteiger partial charge in [0.2, 0.25) is 0 Å². The number of benzene rings is 1. The van der Waals surface area contributed by atoms with Crippen molar-refractivity contribution in [3.05, 3.63) is 35.9 Å². The van der Waals surface area contributed by atoms with Gasteiger partial charge in [-0.25, -0.2) is 0 Å². The van der Waals surface area contributed by atoms with Crippen molar-refractivity contribution in [3.8, 4) is 0 Å². The minimum absolute atomic E-state index is 0.139. The summed E-state index contributed by atoms with van der Waals surface area (Å²) in [4.78, 5) is 51.2. The van der Waals surface area contributed by atoms with E-state index in [2.05, 4.69) is 0 Å². The van der Waals surface area contributed by atoms with Crippen molar-refractivity contribution in [2.24, 2.45) is 17.3 Å². The summed E-state index contributed by atoms with van der Waals surface area (Å²) >= 11 is 0. The van der Waals surface area contributed by atoms with E-state index in [9.17, 15) is 19.2 Å². The van der Waals surface area contributed by atoms with Gasteiger partial charge in [0.05, 0.1) is 11.3 Å². The first-order chi connectivity index (χ1) is 11.9. The van der Waals surface area contributed by atoms with Crippen LogP contribution in [-0.2, 0) is 25.6 Å². The highest BCUT2D eigenvalue weighted by molar-refractivity contribution is 6.33. The SMILES string of the molecule is CCC1C(=O)C(C(=O)CCc2ccccc2)C(=O)C(CC)(CC)C1=O. The molecular weight excluding hydrogens is 316 g/mol. The smallest absolute Gasteiger partial charge is 0.164 e. The van der Waals surface area contributed by atoms with E-state index in [-0.39, 0.29) is 18.0 Å². The summed E-state index contributed by atoms with van der Waals surface area (Å²) < 4.78 is 0. The molecule has 1 aromatic carbocycles. The van der Waals surface area contributed by atoms with E-state index in [1.807, 2.05) is 30.3 Å². The molecule has 134 valence electrons. The number of carbonyl (C=O) groups excluding carboxylic acids is 4. The molecule has 1 saturated carbocycles. The van der Waals surface area contributed by atoms with Crippen LogP contribution in [0.5, 0.6) is 0 Å². The predicted octanol–water partition coefficient (Wildman–Crippen LogP) is 3.36. The standard InChI is InChI=1S/C21H26O4/c1-4-15-18(23)17(20(25)21(5-2,6-3)19(15)24)16(22)13-12-14-10-8-7-9-11-14/h7-11,15,17H,4-6,12-13H2,1-3H3. The monoisotopic (exact) mass is 342 g/mol. The Morgan fingerprint density at radius 1 is 0.960 bits per heavy atom. The largest absolute Gasteiger partial charge is 0.298 e. The molecule has 4 nitrogen and oxygen atoms in total. The Hall–Kier alpha value is -2.10. The van der Waals surface area contributed by atoms with E-state index in [4.69, 9.17) is 0 Å². The lowest BCUT2D eigenvalue weighted by molar-refractivity contribution is -0.159. The molecule has 1 aromatic rings. The highest BCUT2D eigenvalue weighted by Gasteiger charge is 2.57. The number of carbonyl (C=O) groups is 4. The van der Waals surface area contributed by atoms with Crippen molar-refractivity contribution in [1.29, 1.82) is 0 Å². The third-order valence-corrected chi connectivity index (χ3v) is 5.59. The average molecular weight is 342 g/mol. The topological polar surface area (TPSA) is 68.3 Å². The molecule has 0 aliphatic heterocycles. The molecule has 1 aliphatic rings. The first-order valence-electron chi connectivity index (χ1n) is 9.11. The molecule has 0 aromatic heterocycles. The minimum atomic E-state index is -1.27. The highest BCUT2D eigenvalue weighted by atomic mass is 16.2. The van der Waals surface area contributed by atoms with Crippen LogP contribution in [0, 0.1) is 17.3 Å². The van der Waals surface area contributed by atoms with Gasteiger partial charge in [-0.2, -0.15) is 0 Å². The predicted molar refractivity (Wildman–Crippen MR) is 95.1 cm³/mol. The van der Waals surface area contributed by atoms with Gasteiger partial charge >= 0.3 is 0 Å². The molecule has 0 spiro atoms. The Labute approximate surface area is 149 Å². The van der Waals surface area contributed by atoms with E-state index in [1.54, 1.807) is 20.8 Å². The Balaban J connectivity index is 2.27. The van der Waals surface area contributed by atoms with E-state index in [0.717, 1.165) is 5.56 Å². The summed E-state index contributed by atoms with van der Waals surface area (Å²) in [5.41, 5.74) is -0.186. The van der Waals surface area contributed by atoms with Crippen molar-refractivity contribution >= 4 is 23.1 Å². The van der Waals surface area contributed by atoms with Crippen LogP contribution in [0.2, 0.25) is 0 Å². The average Bonchev–Trinajstić information content (AvgIpc) is 2.62. The van der Waals surface area contributed by atoms with E-state index < -0.39 is 28.8 Å². The van der Waals surface area contributed by atoms with Gasteiger partial charge < -0.3 is 0 Å². The molecular formula is C21H26O4. The second kappa shape index (κ2) is 7.85. The van der Waals surface area contributed by atoms with Crippen LogP contribution in [0.3, 0.4) is 0 Å². The molecule has 0 bridgehead atoms. The van der Waals surface area contributed by atoms with Crippen LogP contribution < -0.4 is 0 Å². The molecule has 2 unspecified atom stereocenters. The Bertz CT molecular complexity index is 670. The minimum Gasteiger partial charge on any atom is -0.298 e. The number of hydrogen-bond acceptors (Lipinski definition) is 4. The maximum Gasteiger partial charge on any atom is 0.164 e. The molecule has 1 fully saturated rings. The van der Waals surface area contributed by atoms with Crippen molar-refractivity contribution in [2.75, 3.05) is 0 Å². The molecule has 0 heterocycles. The highest BCUT2D eigenvalue weighted by Crippen LogP contribution is 2.41. The van der Waals surface area contributed by atoms with Gasteiger partial charge in [0, 0.05) is 6.42 Å². The summed E-state index contributed by atoms with van der Waals surface area (Å²) in [5.74, 6) is -3.71. The zero-order chi connectivity index (χ0) is 18.6. The number of ketones is 4. The summed E-state index contributed by atoms with van der Waals surface area (Å²) in [7, 11) is 0. The van der Waals surface area contributed by atoms with Crippen LogP contribution in [0.4, 0.5) is 0 Å². The van der Waals surface area contributed by atoms with Gasteiger partial charge in [0.1, 0.15) is 5.92 Å². The van der Waals surface area contributed by atoms with Gasteiger partial charge in [0.15, 0.2) is 23.1 Å². The maximum absolute atomic E-state index is 13.0. The van der Waals surface area contributed by atoms with Gasteiger partial charge in [-0.3, -0.25) is 19.2 Å². The second-order valence-corrected chi connectivity index (χ2v) is 6.77. The van der Waals surface area contributed by atoms with Crippen LogP contribution in [-0.4, -0.2) is 23.1 Å².